The van der Waals surface area contributed by atoms with E-state index in [1.54, 1.807) is 0 Å². The third-order valence-corrected chi connectivity index (χ3v) is 3.67. The smallest absolute Gasteiger partial charge is 0.242 e. The number of rotatable bonds is 2. The molecule has 4 heteroatoms. The summed E-state index contributed by atoms with van der Waals surface area (Å²) < 4.78 is 25.2. The molecule has 0 aliphatic carbocycles. The second-order valence-corrected chi connectivity index (χ2v) is 4.71. The van der Waals surface area contributed by atoms with E-state index in [0.717, 1.165) is 38.9 Å². The molecular formula is C11H20F2N2. The second kappa shape index (κ2) is 5.21. The van der Waals surface area contributed by atoms with E-state index in [4.69, 9.17) is 0 Å². The predicted octanol–water partition coefficient (Wildman–Crippen LogP) is 1.72. The van der Waals surface area contributed by atoms with Crippen molar-refractivity contribution in [2.75, 3.05) is 26.2 Å². The van der Waals surface area contributed by atoms with Gasteiger partial charge >= 0.3 is 0 Å². The van der Waals surface area contributed by atoms with E-state index >= 15 is 0 Å². The predicted molar refractivity (Wildman–Crippen MR) is 56.2 cm³/mol. The SMILES string of the molecule is FC(F)[C@H]1CCCN(C2CCNCC2)C1. The molecule has 0 unspecified atom stereocenters. The van der Waals surface area contributed by atoms with E-state index in [2.05, 4.69) is 10.2 Å². The van der Waals surface area contributed by atoms with Crippen molar-refractivity contribution in [1.29, 1.82) is 0 Å². The van der Waals surface area contributed by atoms with E-state index in [0.29, 0.717) is 19.0 Å². The first kappa shape index (κ1) is 11.3. The van der Waals surface area contributed by atoms with Crippen molar-refractivity contribution in [2.24, 2.45) is 5.92 Å². The molecular weight excluding hydrogens is 198 g/mol. The Hall–Kier alpha value is -0.220. The number of alkyl halides is 2. The molecule has 2 nitrogen and oxygen atoms in total. The third-order valence-electron chi connectivity index (χ3n) is 3.67. The lowest BCUT2D eigenvalue weighted by Gasteiger charge is -2.39. The maximum Gasteiger partial charge on any atom is 0.242 e. The Labute approximate surface area is 90.0 Å². The van der Waals surface area contributed by atoms with Gasteiger partial charge in [0, 0.05) is 18.5 Å². The van der Waals surface area contributed by atoms with Crippen molar-refractivity contribution >= 4 is 0 Å². The van der Waals surface area contributed by atoms with Crippen LogP contribution < -0.4 is 5.32 Å². The van der Waals surface area contributed by atoms with Gasteiger partial charge in [0.05, 0.1) is 0 Å². The summed E-state index contributed by atoms with van der Waals surface area (Å²) in [6.45, 7) is 3.72. The van der Waals surface area contributed by atoms with E-state index in [1.165, 1.54) is 0 Å². The molecule has 2 fully saturated rings. The lowest BCUT2D eigenvalue weighted by atomic mass is 9.94. The minimum absolute atomic E-state index is 0.381. The van der Waals surface area contributed by atoms with E-state index in [1.807, 2.05) is 0 Å². The lowest BCUT2D eigenvalue weighted by Crippen LogP contribution is -2.48. The molecule has 0 amide bonds. The molecule has 0 spiro atoms. The quantitative estimate of drug-likeness (QED) is 0.759. The molecule has 15 heavy (non-hydrogen) atoms. The molecule has 0 saturated carbocycles. The Morgan fingerprint density at radius 3 is 2.53 bits per heavy atom. The number of hydrogen-bond acceptors (Lipinski definition) is 2. The number of nitrogens with one attached hydrogen (secondary N) is 1. The summed E-state index contributed by atoms with van der Waals surface area (Å²) in [4.78, 5) is 2.29. The van der Waals surface area contributed by atoms with Gasteiger partial charge < -0.3 is 5.32 Å². The zero-order valence-electron chi connectivity index (χ0n) is 9.09. The minimum atomic E-state index is -2.13. The molecule has 0 aromatic heterocycles. The Balaban J connectivity index is 1.85. The van der Waals surface area contributed by atoms with Gasteiger partial charge in [0.25, 0.3) is 0 Å². The van der Waals surface area contributed by atoms with Crippen LogP contribution in [-0.2, 0) is 0 Å². The molecule has 1 atom stereocenters. The number of nitrogens with zero attached hydrogens (tertiary/aromatic N) is 1. The van der Waals surface area contributed by atoms with Crippen LogP contribution in [0.25, 0.3) is 0 Å². The van der Waals surface area contributed by atoms with Gasteiger partial charge in [0.2, 0.25) is 6.43 Å². The fourth-order valence-electron chi connectivity index (χ4n) is 2.75. The summed E-state index contributed by atoms with van der Waals surface area (Å²) in [5, 5.41) is 3.31. The van der Waals surface area contributed by atoms with Crippen LogP contribution in [0.15, 0.2) is 0 Å². The standard InChI is InChI=1S/C11H20F2N2/c12-11(13)9-2-1-7-15(8-9)10-3-5-14-6-4-10/h9-11,14H,1-8H2/t9-/m0/s1. The van der Waals surface area contributed by atoms with E-state index < -0.39 is 6.43 Å². The van der Waals surface area contributed by atoms with Crippen LogP contribution >= 0.6 is 0 Å². The summed E-state index contributed by atoms with van der Waals surface area (Å²) in [6.07, 6.45) is 1.76. The highest BCUT2D eigenvalue weighted by Gasteiger charge is 2.30. The fraction of sp³-hybridized carbons (Fsp3) is 1.00. The average Bonchev–Trinajstić information content (AvgIpc) is 2.30. The number of likely N-dealkylation sites (tertiary alicyclic amines) is 1. The van der Waals surface area contributed by atoms with Gasteiger partial charge in [-0.25, -0.2) is 8.78 Å². The maximum atomic E-state index is 12.6. The molecule has 0 aromatic carbocycles. The molecule has 2 aliphatic rings. The van der Waals surface area contributed by atoms with Crippen LogP contribution in [-0.4, -0.2) is 43.5 Å². The summed E-state index contributed by atoms with van der Waals surface area (Å²) in [5.74, 6) is -0.381. The highest BCUT2D eigenvalue weighted by Crippen LogP contribution is 2.25. The van der Waals surface area contributed by atoms with Gasteiger partial charge in [-0.2, -0.15) is 0 Å². The maximum absolute atomic E-state index is 12.6. The summed E-state index contributed by atoms with van der Waals surface area (Å²) in [7, 11) is 0. The van der Waals surface area contributed by atoms with E-state index in [-0.39, 0.29) is 5.92 Å². The topological polar surface area (TPSA) is 15.3 Å². The van der Waals surface area contributed by atoms with Crippen molar-refractivity contribution in [1.82, 2.24) is 10.2 Å². The Bertz CT molecular complexity index is 193. The number of halogens is 2. The van der Waals surface area contributed by atoms with Gasteiger partial charge in [0.15, 0.2) is 0 Å². The van der Waals surface area contributed by atoms with Crippen LogP contribution in [0.2, 0.25) is 0 Å². The molecule has 0 bridgehead atoms. The van der Waals surface area contributed by atoms with E-state index in [9.17, 15) is 8.78 Å². The van der Waals surface area contributed by atoms with Gasteiger partial charge in [-0.05, 0) is 45.3 Å². The first-order valence-electron chi connectivity index (χ1n) is 6.00. The molecule has 2 heterocycles. The van der Waals surface area contributed by atoms with Crippen LogP contribution in [0, 0.1) is 5.92 Å². The monoisotopic (exact) mass is 218 g/mol. The first-order valence-corrected chi connectivity index (χ1v) is 6.00. The van der Waals surface area contributed by atoms with Gasteiger partial charge in [-0.3, -0.25) is 4.90 Å². The first-order chi connectivity index (χ1) is 7.27. The van der Waals surface area contributed by atoms with Crippen molar-refractivity contribution in [3.05, 3.63) is 0 Å². The highest BCUT2D eigenvalue weighted by molar-refractivity contribution is 4.83. The van der Waals surface area contributed by atoms with Crippen molar-refractivity contribution in [3.8, 4) is 0 Å². The van der Waals surface area contributed by atoms with Gasteiger partial charge in [-0.15, -0.1) is 0 Å². The minimum Gasteiger partial charge on any atom is -0.317 e. The fourth-order valence-corrected chi connectivity index (χ4v) is 2.75. The Morgan fingerprint density at radius 2 is 1.87 bits per heavy atom. The largest absolute Gasteiger partial charge is 0.317 e. The zero-order valence-corrected chi connectivity index (χ0v) is 9.09. The summed E-state index contributed by atoms with van der Waals surface area (Å²) in [6, 6.07) is 0.549. The third kappa shape index (κ3) is 2.88. The Morgan fingerprint density at radius 1 is 1.13 bits per heavy atom. The van der Waals surface area contributed by atoms with Crippen LogP contribution in [0.1, 0.15) is 25.7 Å². The van der Waals surface area contributed by atoms with Crippen LogP contribution in [0.4, 0.5) is 8.78 Å². The number of piperidine rings is 2. The van der Waals surface area contributed by atoms with Crippen LogP contribution in [0.5, 0.6) is 0 Å². The van der Waals surface area contributed by atoms with Gasteiger partial charge in [-0.1, -0.05) is 0 Å². The van der Waals surface area contributed by atoms with Crippen molar-refractivity contribution < 1.29 is 8.78 Å². The Kier molecular flexibility index (Phi) is 3.92. The molecule has 1 N–H and O–H groups in total. The average molecular weight is 218 g/mol. The van der Waals surface area contributed by atoms with Gasteiger partial charge in [0.1, 0.15) is 0 Å². The summed E-state index contributed by atoms with van der Waals surface area (Å²) in [5.41, 5.74) is 0. The zero-order chi connectivity index (χ0) is 10.7. The molecule has 0 aromatic rings. The molecule has 2 saturated heterocycles. The van der Waals surface area contributed by atoms with Crippen molar-refractivity contribution in [3.63, 3.8) is 0 Å². The number of hydrogen-bond donors (Lipinski definition) is 1. The molecule has 2 rings (SSSR count). The van der Waals surface area contributed by atoms with Crippen LogP contribution in [0.3, 0.4) is 0 Å². The second-order valence-electron chi connectivity index (χ2n) is 4.71. The normalized spacial score (nSPS) is 31.0. The molecule has 2 aliphatic heterocycles. The summed E-state index contributed by atoms with van der Waals surface area (Å²) >= 11 is 0. The molecule has 0 radical (unpaired) electrons. The molecule has 88 valence electrons. The highest BCUT2D eigenvalue weighted by atomic mass is 19.3. The lowest BCUT2D eigenvalue weighted by molar-refractivity contribution is 0.00931. The van der Waals surface area contributed by atoms with Crippen molar-refractivity contribution in [2.45, 2.75) is 38.2 Å².